The van der Waals surface area contributed by atoms with E-state index in [1.807, 2.05) is 0 Å². The van der Waals surface area contributed by atoms with Crippen molar-refractivity contribution < 1.29 is 13.3 Å². The van der Waals surface area contributed by atoms with Crippen LogP contribution in [0.1, 0.15) is 16.7 Å². The lowest BCUT2D eigenvalue weighted by Crippen LogP contribution is -1.98. The Morgan fingerprint density at radius 3 is 2.52 bits per heavy atom. The van der Waals surface area contributed by atoms with Crippen LogP contribution in [0.2, 0.25) is 0 Å². The lowest BCUT2D eigenvalue weighted by molar-refractivity contribution is -0.389. The minimum Gasteiger partial charge on any atom is -0.358 e. The summed E-state index contributed by atoms with van der Waals surface area (Å²) in [6.07, 6.45) is 3.80. The fourth-order valence-corrected chi connectivity index (χ4v) is 3.56. The van der Waals surface area contributed by atoms with Gasteiger partial charge in [0.05, 0.1) is 9.93 Å². The zero-order valence-electron chi connectivity index (χ0n) is 12.0. The largest absolute Gasteiger partial charge is 0.381 e. The number of nitro groups is 1. The predicted molar refractivity (Wildman–Crippen MR) is 87.9 cm³/mol. The molecule has 2 aromatic rings. The van der Waals surface area contributed by atoms with E-state index in [9.17, 15) is 18.5 Å². The number of imidazole rings is 1. The molecule has 1 aromatic carbocycles. The molecule has 0 atom stereocenters. The number of hydrogen-bond donors (Lipinski definition) is 0. The van der Waals surface area contributed by atoms with Crippen LogP contribution in [0.15, 0.2) is 29.6 Å². The lowest BCUT2D eigenvalue weighted by Gasteiger charge is -2.09. The summed E-state index contributed by atoms with van der Waals surface area (Å²) < 4.78 is 24.5. The molecule has 0 fully saturated rings. The molecule has 0 bridgehead atoms. The molecule has 122 valence electrons. The number of nitrogens with zero attached hydrogens (tertiary/aromatic N) is 3. The fourth-order valence-electron chi connectivity index (χ4n) is 2.04. The first-order valence-electron chi connectivity index (χ1n) is 6.21. The van der Waals surface area contributed by atoms with Crippen LogP contribution in [-0.4, -0.2) is 22.9 Å². The summed E-state index contributed by atoms with van der Waals surface area (Å²) in [5.74, 6) is -0.324. The van der Waals surface area contributed by atoms with Crippen molar-refractivity contribution >= 4 is 48.4 Å². The quantitative estimate of drug-likeness (QED) is 0.462. The van der Waals surface area contributed by atoms with Gasteiger partial charge in [-0.1, -0.05) is 17.7 Å². The van der Waals surface area contributed by atoms with Crippen molar-refractivity contribution in [1.82, 2.24) is 9.55 Å². The summed E-state index contributed by atoms with van der Waals surface area (Å²) in [5.41, 5.74) is 1.69. The molecule has 0 amide bonds. The Kier molecular flexibility index (Phi) is 4.79. The van der Waals surface area contributed by atoms with Crippen LogP contribution >= 0.6 is 22.3 Å². The summed E-state index contributed by atoms with van der Waals surface area (Å²) in [6.45, 7) is 3.39. The highest BCUT2D eigenvalue weighted by Gasteiger charge is 2.17. The molecule has 0 unspecified atom stereocenters. The Balaban J connectivity index is 2.51. The van der Waals surface area contributed by atoms with Crippen molar-refractivity contribution in [2.24, 2.45) is 0 Å². The molecular formula is C13H11Cl2N3O4S. The molecule has 0 aliphatic heterocycles. The number of rotatable bonds is 4. The molecule has 2 rings (SSSR count). The number of halogens is 2. The van der Waals surface area contributed by atoms with Gasteiger partial charge in [0, 0.05) is 16.9 Å². The van der Waals surface area contributed by atoms with Crippen molar-refractivity contribution in [2.45, 2.75) is 18.7 Å². The Hall–Kier alpha value is -1.90. The summed E-state index contributed by atoms with van der Waals surface area (Å²) in [4.78, 5) is 13.5. The molecule has 1 aromatic heterocycles. The molecule has 0 saturated heterocycles. The molecule has 1 heterocycles. The van der Waals surface area contributed by atoms with Crippen LogP contribution in [0.25, 0.3) is 11.2 Å². The van der Waals surface area contributed by atoms with Gasteiger partial charge in [-0.15, -0.1) is 0 Å². The van der Waals surface area contributed by atoms with Gasteiger partial charge in [-0.2, -0.15) is 0 Å². The van der Waals surface area contributed by atoms with E-state index in [4.69, 9.17) is 22.3 Å². The van der Waals surface area contributed by atoms with Crippen LogP contribution in [0.5, 0.6) is 0 Å². The molecule has 7 nitrogen and oxygen atoms in total. The monoisotopic (exact) mass is 375 g/mol. The van der Waals surface area contributed by atoms with Crippen LogP contribution < -0.4 is 0 Å². The summed E-state index contributed by atoms with van der Waals surface area (Å²) in [5, 5.41) is 10.8. The van der Waals surface area contributed by atoms with Crippen molar-refractivity contribution in [2.75, 3.05) is 0 Å². The van der Waals surface area contributed by atoms with Gasteiger partial charge in [-0.25, -0.2) is 8.42 Å². The maximum absolute atomic E-state index is 11.6. The maximum atomic E-state index is 11.6. The second-order valence-corrected chi connectivity index (χ2v) is 7.73. The first kappa shape index (κ1) is 17.5. The van der Waals surface area contributed by atoms with Crippen LogP contribution in [0, 0.1) is 24.0 Å². The van der Waals surface area contributed by atoms with Gasteiger partial charge in [0.15, 0.2) is 0 Å². The van der Waals surface area contributed by atoms with E-state index in [1.54, 1.807) is 19.9 Å². The van der Waals surface area contributed by atoms with E-state index in [1.165, 1.54) is 29.4 Å². The van der Waals surface area contributed by atoms with E-state index in [0.717, 1.165) is 5.56 Å². The molecule has 0 spiro atoms. The smallest absolute Gasteiger partial charge is 0.358 e. The molecule has 10 heteroatoms. The summed E-state index contributed by atoms with van der Waals surface area (Å²) >= 11 is 6.21. The van der Waals surface area contributed by atoms with Gasteiger partial charge in [0.25, 0.3) is 9.05 Å². The normalized spacial score (nSPS) is 12.4. The topological polar surface area (TPSA) is 95.1 Å². The van der Waals surface area contributed by atoms with Crippen molar-refractivity contribution in [3.05, 3.63) is 51.5 Å². The third-order valence-electron chi connectivity index (χ3n) is 3.08. The highest BCUT2D eigenvalue weighted by atomic mass is 35.7. The van der Waals surface area contributed by atoms with Gasteiger partial charge in [0.2, 0.25) is 6.33 Å². The first-order chi connectivity index (χ1) is 10.6. The van der Waals surface area contributed by atoms with Gasteiger partial charge < -0.3 is 10.1 Å². The number of hydrogen-bond acceptors (Lipinski definition) is 5. The lowest BCUT2D eigenvalue weighted by atomic mass is 10.1. The molecule has 0 N–H and O–H groups in total. The first-order valence-corrected chi connectivity index (χ1v) is 8.90. The van der Waals surface area contributed by atoms with Gasteiger partial charge in [0.1, 0.15) is 6.20 Å². The van der Waals surface area contributed by atoms with Crippen LogP contribution in [-0.2, 0) is 9.05 Å². The minimum absolute atomic E-state index is 0.0390. The second-order valence-electron chi connectivity index (χ2n) is 4.78. The number of aromatic nitrogens is 2. The highest BCUT2D eigenvalue weighted by Crippen LogP contribution is 2.30. The van der Waals surface area contributed by atoms with E-state index in [2.05, 4.69) is 4.98 Å². The Morgan fingerprint density at radius 1 is 1.35 bits per heavy atom. The summed E-state index contributed by atoms with van der Waals surface area (Å²) in [6, 6.07) is 3.02. The molecular weight excluding hydrogens is 365 g/mol. The van der Waals surface area contributed by atoms with Gasteiger partial charge in [-0.3, -0.25) is 4.57 Å². The SMILES string of the molecule is Cc1cc(C)c(S(=O)(=O)Cl)cc1/C(Cl)=C/n1cnc([N+](=O)[O-])c1. The average molecular weight is 376 g/mol. The van der Waals surface area contributed by atoms with Gasteiger partial charge in [-0.05, 0) is 46.5 Å². The zero-order valence-corrected chi connectivity index (χ0v) is 14.4. The van der Waals surface area contributed by atoms with Crippen molar-refractivity contribution in [1.29, 1.82) is 0 Å². The molecule has 0 aliphatic rings. The molecule has 0 aliphatic carbocycles. The molecule has 23 heavy (non-hydrogen) atoms. The zero-order chi connectivity index (χ0) is 17.4. The van der Waals surface area contributed by atoms with Crippen molar-refractivity contribution in [3.63, 3.8) is 0 Å². The highest BCUT2D eigenvalue weighted by molar-refractivity contribution is 8.13. The van der Waals surface area contributed by atoms with Gasteiger partial charge >= 0.3 is 5.82 Å². The fraction of sp³-hybridized carbons (Fsp3) is 0.154. The standard InChI is InChI=1S/C13H11Cl2N3O4S/c1-8-3-9(2)12(23(15,21)22)4-10(8)11(14)5-17-6-13(16-7-17)18(19)20/h3-7H,1-2H3/b11-5-. The number of benzene rings is 1. The maximum Gasteiger partial charge on any atom is 0.381 e. The molecule has 0 saturated carbocycles. The van der Waals surface area contributed by atoms with E-state index in [0.29, 0.717) is 11.1 Å². The Bertz CT molecular complexity index is 919. The summed E-state index contributed by atoms with van der Waals surface area (Å²) in [7, 11) is 1.50. The number of aryl methyl sites for hydroxylation is 2. The van der Waals surface area contributed by atoms with Crippen molar-refractivity contribution in [3.8, 4) is 0 Å². The average Bonchev–Trinajstić information content (AvgIpc) is 2.85. The van der Waals surface area contributed by atoms with Crippen LogP contribution in [0.3, 0.4) is 0 Å². The Morgan fingerprint density at radius 2 is 2.00 bits per heavy atom. The van der Waals surface area contributed by atoms with E-state index < -0.39 is 14.0 Å². The van der Waals surface area contributed by atoms with E-state index >= 15 is 0 Å². The predicted octanol–water partition coefficient (Wildman–Crippen LogP) is 3.53. The molecule has 0 radical (unpaired) electrons. The Labute approximate surface area is 141 Å². The van der Waals surface area contributed by atoms with E-state index in [-0.39, 0.29) is 15.7 Å². The minimum atomic E-state index is -3.91. The third-order valence-corrected chi connectivity index (χ3v) is 4.84. The second kappa shape index (κ2) is 6.31. The third kappa shape index (κ3) is 3.90. The van der Waals surface area contributed by atoms with Crippen LogP contribution in [0.4, 0.5) is 5.82 Å².